The molecule has 0 spiro atoms. The van der Waals surface area contributed by atoms with Crippen LogP contribution in [0.4, 0.5) is 15.9 Å². The highest BCUT2D eigenvalue weighted by molar-refractivity contribution is 6.02. The third-order valence-electron chi connectivity index (χ3n) is 5.93. The maximum Gasteiger partial charge on any atom is 0.322 e. The van der Waals surface area contributed by atoms with Crippen LogP contribution in [0.25, 0.3) is 39.1 Å². The van der Waals surface area contributed by atoms with Crippen molar-refractivity contribution in [2.75, 3.05) is 11.5 Å². The minimum Gasteiger partial charge on any atom is -0.443 e. The molecule has 4 aromatic heterocycles. The maximum atomic E-state index is 15.3. The molecule has 0 radical (unpaired) electrons. The van der Waals surface area contributed by atoms with Crippen LogP contribution >= 0.6 is 0 Å². The Morgan fingerprint density at radius 1 is 0.972 bits per heavy atom. The summed E-state index contributed by atoms with van der Waals surface area (Å²) in [5.74, 6) is -0.387. The molecule has 0 fully saturated rings. The molecule has 0 aliphatic heterocycles. The minimum atomic E-state index is -0.611. The van der Waals surface area contributed by atoms with Gasteiger partial charge in [0.1, 0.15) is 17.4 Å². The number of aryl methyl sites for hydroxylation is 2. The van der Waals surface area contributed by atoms with Crippen molar-refractivity contribution in [2.45, 2.75) is 13.8 Å². The first-order valence-corrected chi connectivity index (χ1v) is 10.9. The molecule has 0 aliphatic carbocycles. The highest BCUT2D eigenvalue weighted by atomic mass is 19.1. The lowest BCUT2D eigenvalue weighted by molar-refractivity contribution is 0.410. The molecule has 0 unspecified atom stereocenters. The Morgan fingerprint density at radius 3 is 2.64 bits per heavy atom. The van der Waals surface area contributed by atoms with E-state index in [0.717, 1.165) is 5.56 Å². The lowest BCUT2D eigenvalue weighted by Gasteiger charge is -2.14. The molecule has 0 amide bonds. The van der Waals surface area contributed by atoms with Crippen LogP contribution < -0.4 is 16.2 Å². The number of nitrogen functional groups attached to an aromatic ring is 2. The molecule has 2 aromatic carbocycles. The lowest BCUT2D eigenvalue weighted by atomic mass is 10.1. The third kappa shape index (κ3) is 3.28. The normalized spacial score (nSPS) is 11.4. The van der Waals surface area contributed by atoms with Gasteiger partial charge in [0.2, 0.25) is 0 Å². The van der Waals surface area contributed by atoms with Gasteiger partial charge in [-0.05, 0) is 44.2 Å². The number of nitrogens with zero attached hydrogens (tertiary/aromatic N) is 6. The number of aromatic nitrogens is 6. The summed E-state index contributed by atoms with van der Waals surface area (Å²) >= 11 is 0. The molecular weight excluding hydrogens is 463 g/mol. The fourth-order valence-corrected chi connectivity index (χ4v) is 4.30. The van der Waals surface area contributed by atoms with Gasteiger partial charge in [-0.1, -0.05) is 0 Å². The van der Waals surface area contributed by atoms with Gasteiger partial charge in [0.25, 0.3) is 0 Å². The smallest absolute Gasteiger partial charge is 0.322 e. The van der Waals surface area contributed by atoms with E-state index in [1.165, 1.54) is 24.9 Å². The second kappa shape index (κ2) is 8.01. The van der Waals surface area contributed by atoms with E-state index >= 15 is 4.39 Å². The molecule has 0 bridgehead atoms. The molecule has 178 valence electrons. The van der Waals surface area contributed by atoms with Gasteiger partial charge < -0.3 is 25.2 Å². The summed E-state index contributed by atoms with van der Waals surface area (Å²) in [6.07, 6.45) is 4.27. The van der Waals surface area contributed by atoms with Crippen LogP contribution in [0, 0.1) is 19.7 Å². The van der Waals surface area contributed by atoms with Gasteiger partial charge in [0.05, 0.1) is 16.9 Å². The van der Waals surface area contributed by atoms with Gasteiger partial charge >= 0.3 is 6.01 Å². The number of anilines is 2. The summed E-state index contributed by atoms with van der Waals surface area (Å²) in [5.41, 5.74) is 18.4. The van der Waals surface area contributed by atoms with Gasteiger partial charge in [-0.25, -0.2) is 29.3 Å². The topological polar surface area (TPSA) is 144 Å². The highest BCUT2D eigenvalue weighted by Crippen LogP contribution is 2.41. The predicted molar refractivity (Wildman–Crippen MR) is 132 cm³/mol. The fraction of sp³-hybridized carbons (Fsp3) is 0.0800. The Balaban J connectivity index is 1.58. The first kappa shape index (κ1) is 21.5. The molecule has 36 heavy (non-hydrogen) atoms. The number of hydrogen-bond acceptors (Lipinski definition) is 9. The number of fused-ring (bicyclic) bond motifs is 2. The third-order valence-corrected chi connectivity index (χ3v) is 5.93. The zero-order valence-corrected chi connectivity index (χ0v) is 19.2. The van der Waals surface area contributed by atoms with Crippen LogP contribution in [0.1, 0.15) is 11.3 Å². The minimum absolute atomic E-state index is 0.0200. The summed E-state index contributed by atoms with van der Waals surface area (Å²) in [5, 5.41) is 0. The van der Waals surface area contributed by atoms with E-state index in [-0.39, 0.29) is 17.6 Å². The van der Waals surface area contributed by atoms with Crippen LogP contribution in [-0.2, 0) is 0 Å². The summed E-state index contributed by atoms with van der Waals surface area (Å²) in [7, 11) is 0. The van der Waals surface area contributed by atoms with E-state index in [1.54, 1.807) is 35.9 Å². The number of oxazole rings is 1. The van der Waals surface area contributed by atoms with Crippen LogP contribution in [0.2, 0.25) is 0 Å². The van der Waals surface area contributed by atoms with Gasteiger partial charge in [0.15, 0.2) is 29.4 Å². The van der Waals surface area contributed by atoms with Gasteiger partial charge in [0, 0.05) is 34.8 Å². The Kier molecular flexibility index (Phi) is 4.78. The molecule has 11 heteroatoms. The molecule has 6 aromatic rings. The summed E-state index contributed by atoms with van der Waals surface area (Å²) in [6.45, 7) is 3.70. The van der Waals surface area contributed by atoms with Crippen LogP contribution in [0.5, 0.6) is 11.8 Å². The molecule has 0 saturated carbocycles. The zero-order valence-electron chi connectivity index (χ0n) is 19.2. The van der Waals surface area contributed by atoms with Crippen molar-refractivity contribution >= 4 is 33.6 Å². The second-order valence-corrected chi connectivity index (χ2v) is 8.19. The predicted octanol–water partition coefficient (Wildman–Crippen LogP) is 4.73. The van der Waals surface area contributed by atoms with E-state index in [4.69, 9.17) is 20.6 Å². The van der Waals surface area contributed by atoms with Gasteiger partial charge in [-0.3, -0.25) is 0 Å². The largest absolute Gasteiger partial charge is 0.443 e. The number of hydrogen-bond donors (Lipinski definition) is 2. The van der Waals surface area contributed by atoms with Crippen LogP contribution in [0.3, 0.4) is 0 Å². The summed E-state index contributed by atoms with van der Waals surface area (Å²) < 4.78 is 28.4. The van der Waals surface area contributed by atoms with Crippen molar-refractivity contribution in [3.8, 4) is 28.7 Å². The van der Waals surface area contributed by atoms with E-state index in [2.05, 4.69) is 24.9 Å². The van der Waals surface area contributed by atoms with Crippen molar-refractivity contribution in [3.05, 3.63) is 72.4 Å². The SMILES string of the molecule is Cc1ccnc(Oc2ccc(-n3c(-c4ccc(N)c5ncoc45)c(C)c4ncnc(N)c43)cc2F)n1. The Morgan fingerprint density at radius 2 is 1.83 bits per heavy atom. The van der Waals surface area contributed by atoms with Gasteiger partial charge in [-0.2, -0.15) is 0 Å². The molecule has 0 saturated heterocycles. The molecule has 4 N–H and O–H groups in total. The number of rotatable bonds is 4. The van der Waals surface area contributed by atoms with Crippen molar-refractivity contribution in [3.63, 3.8) is 0 Å². The van der Waals surface area contributed by atoms with E-state index in [1.807, 2.05) is 13.0 Å². The number of halogens is 1. The highest BCUT2D eigenvalue weighted by Gasteiger charge is 2.24. The Hall–Kier alpha value is -5.06. The Labute approximate surface area is 203 Å². The van der Waals surface area contributed by atoms with E-state index in [9.17, 15) is 0 Å². The van der Waals surface area contributed by atoms with E-state index in [0.29, 0.717) is 50.5 Å². The summed E-state index contributed by atoms with van der Waals surface area (Å²) in [6, 6.07) is 9.91. The first-order chi connectivity index (χ1) is 17.4. The van der Waals surface area contributed by atoms with Gasteiger partial charge in [-0.15, -0.1) is 0 Å². The van der Waals surface area contributed by atoms with Crippen molar-refractivity contribution in [1.82, 2.24) is 29.5 Å². The average Bonchev–Trinajstić information content (AvgIpc) is 3.46. The zero-order chi connectivity index (χ0) is 25.0. The Bertz CT molecular complexity index is 1790. The van der Waals surface area contributed by atoms with E-state index < -0.39 is 5.82 Å². The molecule has 4 heterocycles. The summed E-state index contributed by atoms with van der Waals surface area (Å²) in [4.78, 5) is 21.0. The quantitative estimate of drug-likeness (QED) is 0.341. The fourth-order valence-electron chi connectivity index (χ4n) is 4.30. The average molecular weight is 482 g/mol. The molecule has 10 nitrogen and oxygen atoms in total. The number of benzene rings is 2. The standard InChI is InChI=1S/C25H19FN8O2/c1-12-7-8-29-25(33-12)36-18-6-3-14(9-16(18)26)34-21(13(2)19-22(34)24(28)31-10-30-19)15-4-5-17(27)20-23(15)35-11-32-20/h3-11H,27H2,1-2H3,(H2,28,30,31). The molecule has 0 atom stereocenters. The van der Waals surface area contributed by atoms with Crippen molar-refractivity contribution in [2.24, 2.45) is 0 Å². The number of ether oxygens (including phenoxy) is 1. The van der Waals surface area contributed by atoms with Crippen LogP contribution in [-0.4, -0.2) is 29.5 Å². The molecular formula is C25H19FN8O2. The maximum absolute atomic E-state index is 15.3. The van der Waals surface area contributed by atoms with Crippen LogP contribution in [0.15, 0.2) is 59.7 Å². The molecule has 6 rings (SSSR count). The lowest BCUT2D eigenvalue weighted by Crippen LogP contribution is -2.03. The first-order valence-electron chi connectivity index (χ1n) is 10.9. The molecule has 0 aliphatic rings. The van der Waals surface area contributed by atoms with Crippen molar-refractivity contribution in [1.29, 1.82) is 0 Å². The number of nitrogens with two attached hydrogens (primary N) is 2. The van der Waals surface area contributed by atoms with Crippen molar-refractivity contribution < 1.29 is 13.5 Å². The monoisotopic (exact) mass is 482 g/mol. The second-order valence-electron chi connectivity index (χ2n) is 8.19.